The van der Waals surface area contributed by atoms with Crippen molar-refractivity contribution in [1.82, 2.24) is 15.2 Å². The van der Waals surface area contributed by atoms with Gasteiger partial charge in [-0.05, 0) is 53.6 Å². The third-order valence-corrected chi connectivity index (χ3v) is 5.19. The molecule has 2 unspecified atom stereocenters. The van der Waals surface area contributed by atoms with Crippen LogP contribution in [-0.2, 0) is 6.42 Å². The lowest BCUT2D eigenvalue weighted by Crippen LogP contribution is -2.38. The van der Waals surface area contributed by atoms with Crippen molar-refractivity contribution < 1.29 is 0 Å². The molecule has 1 aromatic rings. The first-order valence-electron chi connectivity index (χ1n) is 7.49. The Labute approximate surface area is 121 Å². The number of nitrogens with one attached hydrogen (secondary N) is 1. The van der Waals surface area contributed by atoms with E-state index in [1.165, 1.54) is 35.7 Å². The van der Waals surface area contributed by atoms with Crippen molar-refractivity contribution in [2.24, 2.45) is 0 Å². The van der Waals surface area contributed by atoms with Crippen molar-refractivity contribution in [3.05, 3.63) is 16.1 Å². The smallest absolute Gasteiger partial charge is 0.110 e. The summed E-state index contributed by atoms with van der Waals surface area (Å²) in [7, 11) is 2.02. The number of hydrogen-bond acceptors (Lipinski definition) is 4. The second-order valence-electron chi connectivity index (χ2n) is 5.90. The summed E-state index contributed by atoms with van der Waals surface area (Å²) in [6.07, 6.45) is 7.12. The van der Waals surface area contributed by atoms with Crippen LogP contribution in [0.1, 0.15) is 56.0 Å². The first kappa shape index (κ1) is 14.9. The highest BCUT2D eigenvalue weighted by molar-refractivity contribution is 7.11. The largest absolute Gasteiger partial charge is 0.317 e. The summed E-state index contributed by atoms with van der Waals surface area (Å²) in [6, 6.07) is 1.70. The summed E-state index contributed by atoms with van der Waals surface area (Å²) in [6.45, 7) is 8.05. The molecule has 2 rings (SSSR count). The third-order valence-electron chi connectivity index (χ3n) is 4.06. The van der Waals surface area contributed by atoms with Crippen LogP contribution in [-0.4, -0.2) is 35.6 Å². The molecule has 19 heavy (non-hydrogen) atoms. The molecule has 0 radical (unpaired) electrons. The van der Waals surface area contributed by atoms with Crippen LogP contribution in [0.25, 0.3) is 0 Å². The summed E-state index contributed by atoms with van der Waals surface area (Å²) in [4.78, 5) is 8.74. The monoisotopic (exact) mass is 281 g/mol. The number of hydrogen-bond donors (Lipinski definition) is 1. The second kappa shape index (κ2) is 6.82. The van der Waals surface area contributed by atoms with Gasteiger partial charge in [0.15, 0.2) is 0 Å². The van der Waals surface area contributed by atoms with Gasteiger partial charge in [-0.3, -0.25) is 4.90 Å². The Morgan fingerprint density at radius 2 is 2.21 bits per heavy atom. The van der Waals surface area contributed by atoms with Crippen LogP contribution in [0.3, 0.4) is 0 Å². The van der Waals surface area contributed by atoms with Crippen LogP contribution in [0.4, 0.5) is 0 Å². The molecule has 4 heteroatoms. The molecule has 0 aromatic carbocycles. The van der Waals surface area contributed by atoms with Gasteiger partial charge in [0, 0.05) is 23.2 Å². The Balaban J connectivity index is 2.07. The first-order valence-corrected chi connectivity index (χ1v) is 8.31. The Bertz CT molecular complexity index is 388. The SMILES string of the molecule is CNC(C)Cc1cnc(C2CCCCN2C(C)C)s1. The van der Waals surface area contributed by atoms with Gasteiger partial charge in [0.2, 0.25) is 0 Å². The molecule has 108 valence electrons. The van der Waals surface area contributed by atoms with Gasteiger partial charge >= 0.3 is 0 Å². The Morgan fingerprint density at radius 3 is 2.89 bits per heavy atom. The molecule has 0 bridgehead atoms. The maximum atomic E-state index is 4.71. The van der Waals surface area contributed by atoms with Crippen LogP contribution in [0, 0.1) is 0 Å². The average Bonchev–Trinajstić information content (AvgIpc) is 2.86. The van der Waals surface area contributed by atoms with E-state index in [2.05, 4.69) is 37.2 Å². The molecule has 2 atom stereocenters. The number of thiazole rings is 1. The molecule has 1 aliphatic rings. The molecule has 0 saturated carbocycles. The van der Waals surface area contributed by atoms with Crippen molar-refractivity contribution >= 4 is 11.3 Å². The van der Waals surface area contributed by atoms with Gasteiger partial charge in [0.1, 0.15) is 5.01 Å². The molecule has 1 N–H and O–H groups in total. The van der Waals surface area contributed by atoms with Crippen LogP contribution >= 0.6 is 11.3 Å². The Morgan fingerprint density at radius 1 is 1.42 bits per heavy atom. The molecule has 0 spiro atoms. The average molecular weight is 281 g/mol. The van der Waals surface area contributed by atoms with Gasteiger partial charge in [-0.15, -0.1) is 11.3 Å². The summed E-state index contributed by atoms with van der Waals surface area (Å²) in [5.74, 6) is 0. The number of nitrogens with zero attached hydrogens (tertiary/aromatic N) is 2. The van der Waals surface area contributed by atoms with Crippen molar-refractivity contribution in [2.45, 2.75) is 64.6 Å². The molecule has 1 aliphatic heterocycles. The molecular weight excluding hydrogens is 254 g/mol. The van der Waals surface area contributed by atoms with Crippen LogP contribution in [0.2, 0.25) is 0 Å². The van der Waals surface area contributed by atoms with Crippen LogP contribution < -0.4 is 5.32 Å². The molecular formula is C15H27N3S. The molecule has 1 fully saturated rings. The standard InChI is InChI=1S/C15H27N3S/c1-11(2)18-8-6-5-7-14(18)15-17-10-13(19-15)9-12(3)16-4/h10-12,14,16H,5-9H2,1-4H3. The lowest BCUT2D eigenvalue weighted by Gasteiger charge is -2.37. The van der Waals surface area contributed by atoms with Crippen molar-refractivity contribution in [3.63, 3.8) is 0 Å². The van der Waals surface area contributed by atoms with Gasteiger partial charge in [-0.25, -0.2) is 4.98 Å². The minimum atomic E-state index is 0.529. The maximum Gasteiger partial charge on any atom is 0.110 e. The van der Waals surface area contributed by atoms with Crippen molar-refractivity contribution in [1.29, 1.82) is 0 Å². The van der Waals surface area contributed by atoms with E-state index in [0.717, 1.165) is 6.42 Å². The van der Waals surface area contributed by atoms with Gasteiger partial charge in [0.25, 0.3) is 0 Å². The molecule has 0 amide bonds. The van der Waals surface area contributed by atoms with Crippen LogP contribution in [0.15, 0.2) is 6.20 Å². The zero-order chi connectivity index (χ0) is 13.8. The lowest BCUT2D eigenvalue weighted by atomic mass is 10.0. The Hall–Kier alpha value is -0.450. The number of piperidine rings is 1. The molecule has 1 saturated heterocycles. The van der Waals surface area contributed by atoms with Crippen molar-refractivity contribution in [2.75, 3.05) is 13.6 Å². The zero-order valence-corrected chi connectivity index (χ0v) is 13.5. The summed E-state index contributed by atoms with van der Waals surface area (Å²) in [5, 5.41) is 4.62. The highest BCUT2D eigenvalue weighted by atomic mass is 32.1. The normalized spacial score (nSPS) is 22.9. The number of likely N-dealkylation sites (N-methyl/N-ethyl adjacent to an activating group) is 1. The van der Waals surface area contributed by atoms with E-state index in [0.29, 0.717) is 18.1 Å². The predicted molar refractivity (Wildman–Crippen MR) is 82.8 cm³/mol. The highest BCUT2D eigenvalue weighted by Crippen LogP contribution is 2.34. The Kier molecular flexibility index (Phi) is 5.37. The number of aromatic nitrogens is 1. The topological polar surface area (TPSA) is 28.2 Å². The molecule has 3 nitrogen and oxygen atoms in total. The van der Waals surface area contributed by atoms with E-state index in [1.54, 1.807) is 0 Å². The van der Waals surface area contributed by atoms with Gasteiger partial charge < -0.3 is 5.32 Å². The number of rotatable bonds is 5. The fourth-order valence-electron chi connectivity index (χ4n) is 2.81. The van der Waals surface area contributed by atoms with E-state index in [9.17, 15) is 0 Å². The minimum Gasteiger partial charge on any atom is -0.317 e. The predicted octanol–water partition coefficient (Wildman–Crippen LogP) is 3.23. The lowest BCUT2D eigenvalue weighted by molar-refractivity contribution is 0.112. The van der Waals surface area contributed by atoms with E-state index >= 15 is 0 Å². The van der Waals surface area contributed by atoms with E-state index < -0.39 is 0 Å². The molecule has 0 aliphatic carbocycles. The van der Waals surface area contributed by atoms with E-state index in [-0.39, 0.29) is 0 Å². The van der Waals surface area contributed by atoms with Crippen LogP contribution in [0.5, 0.6) is 0 Å². The van der Waals surface area contributed by atoms with E-state index in [1.807, 2.05) is 18.4 Å². The second-order valence-corrected chi connectivity index (χ2v) is 7.05. The van der Waals surface area contributed by atoms with Gasteiger partial charge in [-0.2, -0.15) is 0 Å². The quantitative estimate of drug-likeness (QED) is 0.898. The summed E-state index contributed by atoms with van der Waals surface area (Å²) >= 11 is 1.91. The maximum absolute atomic E-state index is 4.71. The fraction of sp³-hybridized carbons (Fsp3) is 0.800. The third kappa shape index (κ3) is 3.77. The van der Waals surface area contributed by atoms with Crippen molar-refractivity contribution in [3.8, 4) is 0 Å². The highest BCUT2D eigenvalue weighted by Gasteiger charge is 2.28. The molecule has 2 heterocycles. The molecule has 1 aromatic heterocycles. The zero-order valence-electron chi connectivity index (χ0n) is 12.6. The van der Waals surface area contributed by atoms with E-state index in [4.69, 9.17) is 4.98 Å². The first-order chi connectivity index (χ1) is 9.11. The summed E-state index contributed by atoms with van der Waals surface area (Å²) < 4.78 is 0. The minimum absolute atomic E-state index is 0.529. The fourth-order valence-corrected chi connectivity index (χ4v) is 4.01. The van der Waals surface area contributed by atoms with Gasteiger partial charge in [0.05, 0.1) is 6.04 Å². The summed E-state index contributed by atoms with van der Waals surface area (Å²) in [5.41, 5.74) is 0. The van der Waals surface area contributed by atoms with Gasteiger partial charge in [-0.1, -0.05) is 6.42 Å². The number of likely N-dealkylation sites (tertiary alicyclic amines) is 1.